The molecule has 1 amide bonds. The summed E-state index contributed by atoms with van der Waals surface area (Å²) in [6.07, 6.45) is 3.42. The normalized spacial score (nSPS) is 17.1. The number of hydrogen-bond donors (Lipinski definition) is 1. The molecule has 0 atom stereocenters. The van der Waals surface area contributed by atoms with Gasteiger partial charge >= 0.3 is 0 Å². The molecule has 1 aliphatic rings. The van der Waals surface area contributed by atoms with Crippen LogP contribution in [0.5, 0.6) is 0 Å². The van der Waals surface area contributed by atoms with Gasteiger partial charge in [0, 0.05) is 13.1 Å². The highest BCUT2D eigenvalue weighted by atomic mass is 35.5. The van der Waals surface area contributed by atoms with Gasteiger partial charge in [-0.3, -0.25) is 4.79 Å². The maximum atomic E-state index is 12.2. The van der Waals surface area contributed by atoms with Crippen LogP contribution >= 0.6 is 22.9 Å². The van der Waals surface area contributed by atoms with Crippen molar-refractivity contribution in [2.75, 3.05) is 26.7 Å². The lowest BCUT2D eigenvalue weighted by atomic mass is 9.93. The first-order chi connectivity index (χ1) is 8.72. The highest BCUT2D eigenvalue weighted by Gasteiger charge is 2.25. The van der Waals surface area contributed by atoms with Gasteiger partial charge in [0.25, 0.3) is 5.91 Å². The van der Waals surface area contributed by atoms with Gasteiger partial charge in [0.2, 0.25) is 0 Å². The molecule has 100 valence electrons. The van der Waals surface area contributed by atoms with Crippen LogP contribution in [0.3, 0.4) is 0 Å². The van der Waals surface area contributed by atoms with Crippen LogP contribution in [0.15, 0.2) is 11.4 Å². The van der Waals surface area contributed by atoms with E-state index < -0.39 is 0 Å². The molecule has 0 saturated carbocycles. The van der Waals surface area contributed by atoms with E-state index in [-0.39, 0.29) is 5.91 Å². The molecule has 1 aromatic heterocycles. The van der Waals surface area contributed by atoms with Gasteiger partial charge in [0.05, 0.1) is 5.02 Å². The van der Waals surface area contributed by atoms with Crippen LogP contribution in [-0.2, 0) is 0 Å². The van der Waals surface area contributed by atoms with Crippen molar-refractivity contribution in [1.82, 2.24) is 10.2 Å². The molecule has 3 nitrogen and oxygen atoms in total. The maximum absolute atomic E-state index is 12.2. The number of thiophene rings is 1. The Morgan fingerprint density at radius 1 is 1.56 bits per heavy atom. The van der Waals surface area contributed by atoms with E-state index in [2.05, 4.69) is 5.32 Å². The largest absolute Gasteiger partial charge is 0.338 e. The number of halogens is 1. The molecule has 2 heterocycles. The van der Waals surface area contributed by atoms with E-state index in [0.29, 0.717) is 9.90 Å². The first-order valence-electron chi connectivity index (χ1n) is 6.39. The van der Waals surface area contributed by atoms with Gasteiger partial charge in [-0.2, -0.15) is 0 Å². The number of carbonyl (C=O) groups is 1. The third-order valence-corrected chi connectivity index (χ3v) is 4.85. The Bertz CT molecular complexity index is 399. The summed E-state index contributed by atoms with van der Waals surface area (Å²) in [6.45, 7) is 2.79. The van der Waals surface area contributed by atoms with Crippen molar-refractivity contribution < 1.29 is 4.79 Å². The Balaban J connectivity index is 1.86. The van der Waals surface area contributed by atoms with Gasteiger partial charge in [0.1, 0.15) is 4.88 Å². The Morgan fingerprint density at radius 2 is 2.28 bits per heavy atom. The predicted molar refractivity (Wildman–Crippen MR) is 76.5 cm³/mol. The van der Waals surface area contributed by atoms with Crippen molar-refractivity contribution in [1.29, 1.82) is 0 Å². The van der Waals surface area contributed by atoms with Gasteiger partial charge in [-0.05, 0) is 50.2 Å². The predicted octanol–water partition coefficient (Wildman–Crippen LogP) is 2.86. The fraction of sp³-hybridized carbons (Fsp3) is 0.615. The molecule has 0 unspecified atom stereocenters. The summed E-state index contributed by atoms with van der Waals surface area (Å²) in [5.74, 6) is 0.849. The Kier molecular flexibility index (Phi) is 5.03. The van der Waals surface area contributed by atoms with Crippen molar-refractivity contribution in [3.63, 3.8) is 0 Å². The summed E-state index contributed by atoms with van der Waals surface area (Å²) < 4.78 is 0. The van der Waals surface area contributed by atoms with E-state index >= 15 is 0 Å². The third-order valence-electron chi connectivity index (χ3n) is 3.52. The lowest BCUT2D eigenvalue weighted by Crippen LogP contribution is -2.38. The first kappa shape index (κ1) is 13.8. The van der Waals surface area contributed by atoms with E-state index in [4.69, 9.17) is 11.6 Å². The van der Waals surface area contributed by atoms with Gasteiger partial charge in [-0.25, -0.2) is 0 Å². The monoisotopic (exact) mass is 286 g/mol. The fourth-order valence-corrected chi connectivity index (χ4v) is 3.47. The first-order valence-corrected chi connectivity index (χ1v) is 7.65. The van der Waals surface area contributed by atoms with Crippen molar-refractivity contribution in [3.05, 3.63) is 21.3 Å². The Hall–Kier alpha value is -0.580. The molecule has 2 rings (SSSR count). The zero-order valence-electron chi connectivity index (χ0n) is 10.6. The number of rotatable bonds is 4. The molecular formula is C13H19ClN2OS. The lowest BCUT2D eigenvalue weighted by molar-refractivity contribution is 0.0692. The van der Waals surface area contributed by atoms with Crippen LogP contribution in [0.25, 0.3) is 0 Å². The highest BCUT2D eigenvalue weighted by Crippen LogP contribution is 2.26. The minimum Gasteiger partial charge on any atom is -0.338 e. The van der Waals surface area contributed by atoms with Crippen LogP contribution in [0.4, 0.5) is 0 Å². The summed E-state index contributed by atoms with van der Waals surface area (Å²) in [7, 11) is 1.98. The van der Waals surface area contributed by atoms with Crippen molar-refractivity contribution in [2.24, 2.45) is 5.92 Å². The molecule has 0 aromatic carbocycles. The number of amides is 1. The standard InChI is InChI=1S/C13H19ClN2OS/c1-15-6-2-10-3-7-16(8-4-10)13(17)12-11(14)5-9-18-12/h5,9-10,15H,2-4,6-8H2,1H3. The third kappa shape index (κ3) is 3.25. The van der Waals surface area contributed by atoms with Crippen LogP contribution in [-0.4, -0.2) is 37.5 Å². The summed E-state index contributed by atoms with van der Waals surface area (Å²) in [4.78, 5) is 14.9. The molecule has 18 heavy (non-hydrogen) atoms. The smallest absolute Gasteiger partial charge is 0.265 e. The SMILES string of the molecule is CNCCC1CCN(C(=O)c2sccc2Cl)CC1. The zero-order chi connectivity index (χ0) is 13.0. The van der Waals surface area contributed by atoms with Crippen LogP contribution in [0.2, 0.25) is 5.02 Å². The van der Waals surface area contributed by atoms with E-state index in [0.717, 1.165) is 38.4 Å². The molecule has 1 fully saturated rings. The van der Waals surface area contributed by atoms with E-state index in [1.807, 2.05) is 17.3 Å². The number of carbonyl (C=O) groups excluding carboxylic acids is 1. The molecule has 1 aromatic rings. The van der Waals surface area contributed by atoms with Crippen molar-refractivity contribution in [3.8, 4) is 0 Å². The molecule has 1 N–H and O–H groups in total. The number of nitrogens with one attached hydrogen (secondary N) is 1. The van der Waals surface area contributed by atoms with Crippen molar-refractivity contribution in [2.45, 2.75) is 19.3 Å². The molecule has 0 radical (unpaired) electrons. The Labute approximate surface area is 117 Å². The number of likely N-dealkylation sites (tertiary alicyclic amines) is 1. The number of hydrogen-bond acceptors (Lipinski definition) is 3. The second-order valence-electron chi connectivity index (χ2n) is 4.73. The fourth-order valence-electron chi connectivity index (χ4n) is 2.36. The van der Waals surface area contributed by atoms with Crippen LogP contribution in [0.1, 0.15) is 28.9 Å². The van der Waals surface area contributed by atoms with Crippen LogP contribution < -0.4 is 5.32 Å². The van der Waals surface area contributed by atoms with Gasteiger partial charge < -0.3 is 10.2 Å². The minimum atomic E-state index is 0.0991. The quantitative estimate of drug-likeness (QED) is 0.923. The maximum Gasteiger partial charge on any atom is 0.265 e. The summed E-state index contributed by atoms with van der Waals surface area (Å²) >= 11 is 7.44. The second-order valence-corrected chi connectivity index (χ2v) is 6.05. The summed E-state index contributed by atoms with van der Waals surface area (Å²) in [6, 6.07) is 1.79. The van der Waals surface area contributed by atoms with Crippen molar-refractivity contribution >= 4 is 28.8 Å². The molecule has 0 bridgehead atoms. The van der Waals surface area contributed by atoms with E-state index in [1.54, 1.807) is 6.07 Å². The van der Waals surface area contributed by atoms with Gasteiger partial charge in [0.15, 0.2) is 0 Å². The van der Waals surface area contributed by atoms with Gasteiger partial charge in [-0.15, -0.1) is 11.3 Å². The number of nitrogens with zero attached hydrogens (tertiary/aromatic N) is 1. The van der Waals surface area contributed by atoms with E-state index in [1.165, 1.54) is 17.8 Å². The highest BCUT2D eigenvalue weighted by molar-refractivity contribution is 7.12. The average molecular weight is 287 g/mol. The van der Waals surface area contributed by atoms with Crippen LogP contribution in [0, 0.1) is 5.92 Å². The molecule has 0 aliphatic carbocycles. The van der Waals surface area contributed by atoms with Gasteiger partial charge in [-0.1, -0.05) is 11.6 Å². The summed E-state index contributed by atoms with van der Waals surface area (Å²) in [5.41, 5.74) is 0. The minimum absolute atomic E-state index is 0.0991. The Morgan fingerprint density at radius 3 is 2.83 bits per heavy atom. The molecule has 5 heteroatoms. The topological polar surface area (TPSA) is 32.3 Å². The molecule has 1 saturated heterocycles. The summed E-state index contributed by atoms with van der Waals surface area (Å²) in [5, 5.41) is 5.64. The average Bonchev–Trinajstić information content (AvgIpc) is 2.82. The molecule has 0 spiro atoms. The number of piperidine rings is 1. The zero-order valence-corrected chi connectivity index (χ0v) is 12.2. The molecule has 1 aliphatic heterocycles. The lowest BCUT2D eigenvalue weighted by Gasteiger charge is -2.31. The van der Waals surface area contributed by atoms with E-state index in [9.17, 15) is 4.79 Å². The molecular weight excluding hydrogens is 268 g/mol. The second kappa shape index (κ2) is 6.55.